The van der Waals surface area contributed by atoms with Crippen LogP contribution >= 0.6 is 0 Å². The van der Waals surface area contributed by atoms with Crippen molar-refractivity contribution in [1.82, 2.24) is 14.7 Å². The number of hydrogen-bond acceptors (Lipinski definition) is 4. The van der Waals surface area contributed by atoms with E-state index in [-0.39, 0.29) is 24.3 Å². The molecule has 0 unspecified atom stereocenters. The van der Waals surface area contributed by atoms with Crippen LogP contribution in [-0.2, 0) is 9.59 Å². The van der Waals surface area contributed by atoms with Crippen molar-refractivity contribution in [3.8, 4) is 0 Å². The van der Waals surface area contributed by atoms with Crippen molar-refractivity contribution in [2.45, 2.75) is 26.7 Å². The maximum Gasteiger partial charge on any atom is 0.262 e. The normalized spacial score (nSPS) is 19.3. The highest BCUT2D eigenvalue weighted by atomic mass is 16.2. The molecular formula is C20H25N3O4. The Hall–Kier alpha value is -2.70. The number of hydrogen-bond donors (Lipinski definition) is 0. The molecule has 1 saturated heterocycles. The standard InChI is InChI=1S/C20H25N3O4/c1-3-21(4-2)18(25)14-8-7-11-22(12-14)17(24)13-23-19(26)15-9-5-6-10-16(15)20(23)27/h5-6,9-10,14H,3-4,7-8,11-13H2,1-2H3/t14-/m1/s1. The predicted octanol–water partition coefficient (Wildman–Crippen LogP) is 1.39. The second-order valence-corrected chi connectivity index (χ2v) is 6.93. The number of fused-ring (bicyclic) bond motifs is 1. The summed E-state index contributed by atoms with van der Waals surface area (Å²) in [7, 11) is 0. The Balaban J connectivity index is 1.66. The molecule has 0 bridgehead atoms. The van der Waals surface area contributed by atoms with E-state index in [1.54, 1.807) is 34.1 Å². The molecule has 0 aromatic heterocycles. The molecule has 1 atom stereocenters. The first-order valence-corrected chi connectivity index (χ1v) is 9.49. The summed E-state index contributed by atoms with van der Waals surface area (Å²) in [6.07, 6.45) is 1.50. The van der Waals surface area contributed by atoms with Gasteiger partial charge in [-0.25, -0.2) is 0 Å². The number of amides is 4. The quantitative estimate of drug-likeness (QED) is 0.733. The molecule has 2 heterocycles. The number of benzene rings is 1. The first-order valence-electron chi connectivity index (χ1n) is 9.49. The summed E-state index contributed by atoms with van der Waals surface area (Å²) >= 11 is 0. The van der Waals surface area contributed by atoms with Gasteiger partial charge in [0.25, 0.3) is 11.8 Å². The topological polar surface area (TPSA) is 78.0 Å². The Kier molecular flexibility index (Phi) is 5.58. The maximum absolute atomic E-state index is 12.7. The predicted molar refractivity (Wildman–Crippen MR) is 99.0 cm³/mol. The molecule has 4 amide bonds. The lowest BCUT2D eigenvalue weighted by molar-refractivity contribution is -0.140. The van der Waals surface area contributed by atoms with Crippen molar-refractivity contribution in [2.75, 3.05) is 32.7 Å². The van der Waals surface area contributed by atoms with Gasteiger partial charge in [0.2, 0.25) is 11.8 Å². The van der Waals surface area contributed by atoms with Crippen LogP contribution in [0.1, 0.15) is 47.4 Å². The summed E-state index contributed by atoms with van der Waals surface area (Å²) in [6, 6.07) is 6.59. The third-order valence-electron chi connectivity index (χ3n) is 5.37. The highest BCUT2D eigenvalue weighted by Gasteiger charge is 2.38. The summed E-state index contributed by atoms with van der Waals surface area (Å²) in [5, 5.41) is 0. The van der Waals surface area contributed by atoms with Gasteiger partial charge in [-0.3, -0.25) is 24.1 Å². The number of carbonyl (C=O) groups is 4. The fourth-order valence-electron chi connectivity index (χ4n) is 3.82. The minimum absolute atomic E-state index is 0.0678. The Morgan fingerprint density at radius 3 is 2.22 bits per heavy atom. The average Bonchev–Trinajstić information content (AvgIpc) is 2.94. The largest absolute Gasteiger partial charge is 0.343 e. The maximum atomic E-state index is 12.7. The number of carbonyl (C=O) groups excluding carboxylic acids is 4. The molecule has 0 spiro atoms. The van der Waals surface area contributed by atoms with E-state index in [4.69, 9.17) is 0 Å². The molecular weight excluding hydrogens is 346 g/mol. The van der Waals surface area contributed by atoms with Gasteiger partial charge in [0.15, 0.2) is 0 Å². The lowest BCUT2D eigenvalue weighted by atomic mass is 9.96. The van der Waals surface area contributed by atoms with Gasteiger partial charge < -0.3 is 9.80 Å². The van der Waals surface area contributed by atoms with Crippen molar-refractivity contribution in [3.05, 3.63) is 35.4 Å². The fourth-order valence-corrected chi connectivity index (χ4v) is 3.82. The first kappa shape index (κ1) is 19.1. The second-order valence-electron chi connectivity index (χ2n) is 6.93. The molecule has 2 aliphatic rings. The molecule has 1 aromatic carbocycles. The monoisotopic (exact) mass is 371 g/mol. The smallest absolute Gasteiger partial charge is 0.262 e. The van der Waals surface area contributed by atoms with Gasteiger partial charge >= 0.3 is 0 Å². The Labute approximate surface area is 158 Å². The summed E-state index contributed by atoms with van der Waals surface area (Å²) in [5.41, 5.74) is 0.673. The summed E-state index contributed by atoms with van der Waals surface area (Å²) in [4.78, 5) is 54.6. The van der Waals surface area contributed by atoms with E-state index in [1.807, 2.05) is 13.8 Å². The summed E-state index contributed by atoms with van der Waals surface area (Å²) < 4.78 is 0. The van der Waals surface area contributed by atoms with Crippen molar-refractivity contribution in [1.29, 1.82) is 0 Å². The highest BCUT2D eigenvalue weighted by molar-refractivity contribution is 6.22. The van der Waals surface area contributed by atoms with E-state index in [2.05, 4.69) is 0 Å². The number of imide groups is 1. The Morgan fingerprint density at radius 1 is 1.07 bits per heavy atom. The molecule has 0 saturated carbocycles. The van der Waals surface area contributed by atoms with Gasteiger partial charge in [-0.2, -0.15) is 0 Å². The zero-order valence-electron chi connectivity index (χ0n) is 15.8. The van der Waals surface area contributed by atoms with Crippen LogP contribution in [0.2, 0.25) is 0 Å². The SMILES string of the molecule is CCN(CC)C(=O)[C@@H]1CCCN(C(=O)CN2C(=O)c3ccccc3C2=O)C1. The van der Waals surface area contributed by atoms with E-state index < -0.39 is 11.8 Å². The first-order chi connectivity index (χ1) is 13.0. The molecule has 0 aliphatic carbocycles. The van der Waals surface area contributed by atoms with E-state index in [1.165, 1.54) is 0 Å². The van der Waals surface area contributed by atoms with Gasteiger partial charge in [0.1, 0.15) is 6.54 Å². The molecule has 27 heavy (non-hydrogen) atoms. The van der Waals surface area contributed by atoms with Crippen LogP contribution < -0.4 is 0 Å². The van der Waals surface area contributed by atoms with Gasteiger partial charge in [0, 0.05) is 26.2 Å². The summed E-state index contributed by atoms with van der Waals surface area (Å²) in [6.45, 7) is 5.79. The van der Waals surface area contributed by atoms with Crippen molar-refractivity contribution >= 4 is 23.6 Å². The van der Waals surface area contributed by atoms with Gasteiger partial charge in [-0.05, 0) is 38.8 Å². The highest BCUT2D eigenvalue weighted by Crippen LogP contribution is 2.24. The summed E-state index contributed by atoms with van der Waals surface area (Å²) in [5.74, 6) is -1.31. The third-order valence-corrected chi connectivity index (χ3v) is 5.37. The van der Waals surface area contributed by atoms with Crippen molar-refractivity contribution in [2.24, 2.45) is 5.92 Å². The van der Waals surface area contributed by atoms with Crippen LogP contribution in [0, 0.1) is 5.92 Å². The number of piperidine rings is 1. The number of nitrogens with zero attached hydrogens (tertiary/aromatic N) is 3. The van der Waals surface area contributed by atoms with Gasteiger partial charge in [-0.15, -0.1) is 0 Å². The molecule has 144 valence electrons. The molecule has 0 radical (unpaired) electrons. The average molecular weight is 371 g/mol. The minimum atomic E-state index is -0.434. The fraction of sp³-hybridized carbons (Fsp3) is 0.500. The minimum Gasteiger partial charge on any atom is -0.343 e. The molecule has 3 rings (SSSR count). The van der Waals surface area contributed by atoms with Crippen LogP contribution in [0.5, 0.6) is 0 Å². The number of likely N-dealkylation sites (tertiary alicyclic amines) is 1. The van der Waals surface area contributed by atoms with Crippen molar-refractivity contribution < 1.29 is 19.2 Å². The Bertz CT molecular complexity index is 737. The van der Waals surface area contributed by atoms with Crippen molar-refractivity contribution in [3.63, 3.8) is 0 Å². The lowest BCUT2D eigenvalue weighted by Crippen LogP contribution is -2.49. The van der Waals surface area contributed by atoms with E-state index in [0.29, 0.717) is 37.3 Å². The molecule has 1 fully saturated rings. The number of rotatable bonds is 5. The Morgan fingerprint density at radius 2 is 1.67 bits per heavy atom. The van der Waals surface area contributed by atoms with Crippen LogP contribution in [0.25, 0.3) is 0 Å². The molecule has 7 nitrogen and oxygen atoms in total. The molecule has 0 N–H and O–H groups in total. The zero-order chi connectivity index (χ0) is 19.6. The zero-order valence-corrected chi connectivity index (χ0v) is 15.8. The van der Waals surface area contributed by atoms with Crippen LogP contribution in [0.4, 0.5) is 0 Å². The second kappa shape index (κ2) is 7.90. The third kappa shape index (κ3) is 3.59. The molecule has 2 aliphatic heterocycles. The van der Waals surface area contributed by atoms with Crippen LogP contribution in [-0.4, -0.2) is 71.1 Å². The van der Waals surface area contributed by atoms with Gasteiger partial charge in [0.05, 0.1) is 17.0 Å². The molecule has 1 aromatic rings. The van der Waals surface area contributed by atoms with Crippen LogP contribution in [0.3, 0.4) is 0 Å². The molecule has 7 heteroatoms. The van der Waals surface area contributed by atoms with Gasteiger partial charge in [-0.1, -0.05) is 12.1 Å². The lowest BCUT2D eigenvalue weighted by Gasteiger charge is -2.35. The van der Waals surface area contributed by atoms with E-state index >= 15 is 0 Å². The van der Waals surface area contributed by atoms with Crippen LogP contribution in [0.15, 0.2) is 24.3 Å². The van der Waals surface area contributed by atoms with E-state index in [0.717, 1.165) is 17.7 Å². The van der Waals surface area contributed by atoms with E-state index in [9.17, 15) is 19.2 Å².